The van der Waals surface area contributed by atoms with Gasteiger partial charge in [0.1, 0.15) is 11.1 Å². The number of hydrogen-bond donors (Lipinski definition) is 2. The minimum atomic E-state index is -0.273. The van der Waals surface area contributed by atoms with E-state index >= 15 is 0 Å². The largest absolute Gasteiger partial charge is 0.392 e. The number of anilines is 1. The molecule has 1 saturated carbocycles. The summed E-state index contributed by atoms with van der Waals surface area (Å²) in [6, 6.07) is 3.74. The van der Waals surface area contributed by atoms with Gasteiger partial charge in [0, 0.05) is 19.5 Å². The maximum Gasteiger partial charge on any atom is 0.226 e. The monoisotopic (exact) mass is 293 g/mol. The van der Waals surface area contributed by atoms with Gasteiger partial charge in [-0.2, -0.15) is 5.26 Å². The van der Waals surface area contributed by atoms with Gasteiger partial charge in [0.05, 0.1) is 11.7 Å². The van der Waals surface area contributed by atoms with Crippen molar-refractivity contribution < 1.29 is 9.90 Å². The Morgan fingerprint density at radius 1 is 1.70 bits per heavy atom. The standard InChI is InChI=1S/C14H19N3O2S/c1-17(9-12(18)10-2-3-10)6-4-13(19)16-14-11(8-15)5-7-20-14/h5,7,10,12,18H,2-4,6,9H2,1H3,(H,16,19). The fraction of sp³-hybridized carbons (Fsp3) is 0.571. The second kappa shape index (κ2) is 6.84. The van der Waals surface area contributed by atoms with Crippen molar-refractivity contribution in [2.45, 2.75) is 25.4 Å². The number of carbonyl (C=O) groups excluding carboxylic acids is 1. The highest BCUT2D eigenvalue weighted by molar-refractivity contribution is 7.14. The molecule has 1 fully saturated rings. The van der Waals surface area contributed by atoms with Crippen molar-refractivity contribution in [2.75, 3.05) is 25.5 Å². The van der Waals surface area contributed by atoms with Gasteiger partial charge in [-0.25, -0.2) is 0 Å². The number of aliphatic hydroxyl groups is 1. The molecule has 0 saturated heterocycles. The molecular weight excluding hydrogens is 274 g/mol. The molecule has 0 aliphatic heterocycles. The van der Waals surface area contributed by atoms with Crippen LogP contribution >= 0.6 is 11.3 Å². The molecule has 6 heteroatoms. The van der Waals surface area contributed by atoms with Crippen molar-refractivity contribution in [3.63, 3.8) is 0 Å². The van der Waals surface area contributed by atoms with E-state index in [9.17, 15) is 9.90 Å². The van der Waals surface area contributed by atoms with E-state index in [1.165, 1.54) is 11.3 Å². The van der Waals surface area contributed by atoms with Crippen LogP contribution in [0.15, 0.2) is 11.4 Å². The SMILES string of the molecule is CN(CCC(=O)Nc1sccc1C#N)CC(O)C1CC1. The molecule has 1 aliphatic rings. The number of nitrogens with zero attached hydrogens (tertiary/aromatic N) is 2. The van der Waals surface area contributed by atoms with Crippen LogP contribution in [-0.4, -0.2) is 42.2 Å². The number of likely N-dealkylation sites (N-methyl/N-ethyl adjacent to an activating group) is 1. The molecule has 0 bridgehead atoms. The van der Waals surface area contributed by atoms with Crippen molar-refractivity contribution in [1.82, 2.24) is 4.90 Å². The summed E-state index contributed by atoms with van der Waals surface area (Å²) in [6.07, 6.45) is 2.32. The summed E-state index contributed by atoms with van der Waals surface area (Å²) in [7, 11) is 1.91. The Bertz CT molecular complexity index is 505. The van der Waals surface area contributed by atoms with Gasteiger partial charge >= 0.3 is 0 Å². The van der Waals surface area contributed by atoms with E-state index in [1.807, 2.05) is 18.0 Å². The highest BCUT2D eigenvalue weighted by atomic mass is 32.1. The summed E-state index contributed by atoms with van der Waals surface area (Å²) < 4.78 is 0. The third kappa shape index (κ3) is 4.30. The van der Waals surface area contributed by atoms with Crippen molar-refractivity contribution in [3.05, 3.63) is 17.0 Å². The minimum absolute atomic E-state index is 0.100. The molecule has 20 heavy (non-hydrogen) atoms. The third-order valence-electron chi connectivity index (χ3n) is 3.42. The summed E-state index contributed by atoms with van der Waals surface area (Å²) in [5.41, 5.74) is 0.501. The average Bonchev–Trinajstić information content (AvgIpc) is 3.18. The van der Waals surface area contributed by atoms with Crippen LogP contribution in [0.1, 0.15) is 24.8 Å². The second-order valence-electron chi connectivity index (χ2n) is 5.24. The summed E-state index contributed by atoms with van der Waals surface area (Å²) in [6.45, 7) is 1.21. The summed E-state index contributed by atoms with van der Waals surface area (Å²) in [5, 5.41) is 23.8. The molecule has 1 aromatic rings. The lowest BCUT2D eigenvalue weighted by Gasteiger charge is -2.19. The molecule has 1 heterocycles. The maximum absolute atomic E-state index is 11.8. The molecule has 2 N–H and O–H groups in total. The molecular formula is C14H19N3O2S. The molecule has 0 spiro atoms. The average molecular weight is 293 g/mol. The highest BCUT2D eigenvalue weighted by Crippen LogP contribution is 2.32. The van der Waals surface area contributed by atoms with Crippen molar-refractivity contribution >= 4 is 22.2 Å². The Kier molecular flexibility index (Phi) is 5.12. The Labute approximate surface area is 122 Å². The first-order valence-corrected chi connectivity index (χ1v) is 7.62. The fourth-order valence-corrected chi connectivity index (χ4v) is 2.77. The first-order valence-electron chi connectivity index (χ1n) is 6.74. The van der Waals surface area contributed by atoms with E-state index < -0.39 is 0 Å². The van der Waals surface area contributed by atoms with Crippen molar-refractivity contribution in [2.24, 2.45) is 5.92 Å². The summed E-state index contributed by atoms with van der Waals surface area (Å²) in [4.78, 5) is 13.8. The third-order valence-corrected chi connectivity index (χ3v) is 4.25. The Hall–Kier alpha value is -1.42. The quantitative estimate of drug-likeness (QED) is 0.801. The van der Waals surface area contributed by atoms with E-state index in [0.717, 1.165) is 12.8 Å². The van der Waals surface area contributed by atoms with Crippen LogP contribution in [0.4, 0.5) is 5.00 Å². The zero-order valence-corrected chi connectivity index (χ0v) is 12.3. The second-order valence-corrected chi connectivity index (χ2v) is 6.16. The maximum atomic E-state index is 11.8. The van der Waals surface area contributed by atoms with E-state index in [2.05, 4.69) is 5.32 Å². The van der Waals surface area contributed by atoms with Crippen LogP contribution in [0.25, 0.3) is 0 Å². The lowest BCUT2D eigenvalue weighted by Crippen LogP contribution is -2.32. The zero-order valence-electron chi connectivity index (χ0n) is 11.5. The number of aliphatic hydroxyl groups excluding tert-OH is 1. The van der Waals surface area contributed by atoms with Crippen LogP contribution in [0.5, 0.6) is 0 Å². The number of nitrogens with one attached hydrogen (secondary N) is 1. The Balaban J connectivity index is 1.70. The van der Waals surface area contributed by atoms with Crippen LogP contribution < -0.4 is 5.32 Å². The Morgan fingerprint density at radius 3 is 3.10 bits per heavy atom. The van der Waals surface area contributed by atoms with E-state index in [4.69, 9.17) is 5.26 Å². The Morgan fingerprint density at radius 2 is 2.45 bits per heavy atom. The van der Waals surface area contributed by atoms with Crippen LogP contribution in [-0.2, 0) is 4.79 Å². The molecule has 5 nitrogen and oxygen atoms in total. The molecule has 0 radical (unpaired) electrons. The molecule has 1 amide bonds. The van der Waals surface area contributed by atoms with Gasteiger partial charge in [0.2, 0.25) is 5.91 Å². The summed E-state index contributed by atoms with van der Waals surface area (Å²) >= 11 is 1.35. The van der Waals surface area contributed by atoms with Gasteiger partial charge in [-0.05, 0) is 37.3 Å². The lowest BCUT2D eigenvalue weighted by atomic mass is 10.2. The predicted molar refractivity (Wildman–Crippen MR) is 78.5 cm³/mol. The molecule has 1 aromatic heterocycles. The normalized spacial score (nSPS) is 15.9. The van der Waals surface area contributed by atoms with Gasteiger partial charge in [0.15, 0.2) is 0 Å². The molecule has 108 valence electrons. The van der Waals surface area contributed by atoms with Gasteiger partial charge in [0.25, 0.3) is 0 Å². The topological polar surface area (TPSA) is 76.4 Å². The van der Waals surface area contributed by atoms with Crippen LogP contribution in [0.3, 0.4) is 0 Å². The molecule has 1 atom stereocenters. The number of nitriles is 1. The molecule has 2 rings (SSSR count). The number of hydrogen-bond acceptors (Lipinski definition) is 5. The fourth-order valence-electron chi connectivity index (χ4n) is 2.02. The smallest absolute Gasteiger partial charge is 0.226 e. The number of amides is 1. The molecule has 0 aromatic carbocycles. The van der Waals surface area contributed by atoms with Crippen LogP contribution in [0.2, 0.25) is 0 Å². The number of carbonyl (C=O) groups is 1. The predicted octanol–water partition coefficient (Wildman–Crippen LogP) is 1.65. The highest BCUT2D eigenvalue weighted by Gasteiger charge is 2.30. The minimum Gasteiger partial charge on any atom is -0.392 e. The number of rotatable bonds is 7. The van der Waals surface area contributed by atoms with E-state index in [-0.39, 0.29) is 12.0 Å². The van der Waals surface area contributed by atoms with Crippen LogP contribution in [0, 0.1) is 17.2 Å². The lowest BCUT2D eigenvalue weighted by molar-refractivity contribution is -0.116. The van der Waals surface area contributed by atoms with E-state index in [0.29, 0.717) is 36.0 Å². The first kappa shape index (κ1) is 15.0. The van der Waals surface area contributed by atoms with Crippen molar-refractivity contribution in [1.29, 1.82) is 5.26 Å². The molecule has 1 aliphatic carbocycles. The molecule has 1 unspecified atom stereocenters. The van der Waals surface area contributed by atoms with Crippen molar-refractivity contribution in [3.8, 4) is 6.07 Å². The first-order chi connectivity index (χ1) is 9.60. The van der Waals surface area contributed by atoms with Gasteiger partial charge in [-0.3, -0.25) is 4.79 Å². The van der Waals surface area contributed by atoms with E-state index in [1.54, 1.807) is 11.4 Å². The summed E-state index contributed by atoms with van der Waals surface area (Å²) in [5.74, 6) is 0.354. The zero-order chi connectivity index (χ0) is 14.5. The van der Waals surface area contributed by atoms with Gasteiger partial charge < -0.3 is 15.3 Å². The van der Waals surface area contributed by atoms with Gasteiger partial charge in [-0.15, -0.1) is 11.3 Å². The number of thiophene rings is 1. The van der Waals surface area contributed by atoms with Gasteiger partial charge in [-0.1, -0.05) is 0 Å².